The molecular formula is C18H18N4O3S. The number of methoxy groups -OCH3 is 1. The van der Waals surface area contributed by atoms with Crippen molar-refractivity contribution in [1.82, 2.24) is 4.72 Å². The van der Waals surface area contributed by atoms with Crippen LogP contribution in [0.15, 0.2) is 52.4 Å². The number of ether oxygens (including phenoxy) is 1. The third-order valence-electron chi connectivity index (χ3n) is 4.04. The predicted octanol–water partition coefficient (Wildman–Crippen LogP) is 2.32. The van der Waals surface area contributed by atoms with E-state index >= 15 is 0 Å². The summed E-state index contributed by atoms with van der Waals surface area (Å²) in [6.07, 6.45) is -0.148. The Labute approximate surface area is 152 Å². The number of hydrogen-bond donors (Lipinski definition) is 2. The van der Waals surface area contributed by atoms with Crippen LogP contribution in [-0.2, 0) is 14.8 Å². The van der Waals surface area contributed by atoms with Crippen molar-refractivity contribution < 1.29 is 13.2 Å². The van der Waals surface area contributed by atoms with Gasteiger partial charge in [0.05, 0.1) is 30.0 Å². The van der Waals surface area contributed by atoms with Gasteiger partial charge in [-0.3, -0.25) is 0 Å². The minimum absolute atomic E-state index is 0.112. The molecule has 1 heterocycles. The van der Waals surface area contributed by atoms with Gasteiger partial charge in [-0.2, -0.15) is 5.26 Å². The molecule has 0 radical (unpaired) electrons. The van der Waals surface area contributed by atoms with Gasteiger partial charge >= 0.3 is 0 Å². The zero-order chi connectivity index (χ0) is 18.7. The Bertz CT molecular complexity index is 1010. The minimum atomic E-state index is -3.76. The normalized spacial score (nSPS) is 17.5. The monoisotopic (exact) mass is 370 g/mol. The van der Waals surface area contributed by atoms with Crippen molar-refractivity contribution >= 4 is 21.7 Å². The molecular weight excluding hydrogens is 352 g/mol. The van der Waals surface area contributed by atoms with E-state index < -0.39 is 10.0 Å². The molecule has 0 spiro atoms. The number of benzene rings is 2. The highest BCUT2D eigenvalue weighted by molar-refractivity contribution is 7.90. The second-order valence-corrected chi connectivity index (χ2v) is 7.45. The molecule has 26 heavy (non-hydrogen) atoms. The summed E-state index contributed by atoms with van der Waals surface area (Å²) in [7, 11) is -2.20. The lowest BCUT2D eigenvalue weighted by atomic mass is 9.99. The van der Waals surface area contributed by atoms with Crippen LogP contribution < -0.4 is 10.0 Å². The molecule has 2 N–H and O–H groups in total. The summed E-state index contributed by atoms with van der Waals surface area (Å²) >= 11 is 0. The van der Waals surface area contributed by atoms with E-state index in [0.717, 1.165) is 0 Å². The van der Waals surface area contributed by atoms with Crippen LogP contribution in [0, 0.1) is 11.3 Å². The zero-order valence-electron chi connectivity index (χ0n) is 14.4. The van der Waals surface area contributed by atoms with Gasteiger partial charge in [-0.25, -0.2) is 18.1 Å². The maximum atomic E-state index is 12.6. The summed E-state index contributed by atoms with van der Waals surface area (Å²) in [5.41, 5.74) is 2.14. The van der Waals surface area contributed by atoms with Gasteiger partial charge in [0.15, 0.2) is 0 Å². The number of fused-ring (bicyclic) bond motifs is 1. The SMILES string of the molecule is COC(C)CN=C1Nc2c(-c3ccccc3C#N)cccc2S(=O)(=O)N1. The number of para-hydroxylation sites is 1. The molecule has 0 saturated carbocycles. The standard InChI is InChI=1S/C18H18N4O3S/c1-12(25-2)11-20-18-21-17-15(14-7-4-3-6-13(14)10-19)8-5-9-16(17)26(23,24)22-18/h3-9,12H,11H2,1-2H3,(H2,20,21,22). The molecule has 1 atom stereocenters. The van der Waals surface area contributed by atoms with E-state index in [9.17, 15) is 13.7 Å². The second kappa shape index (κ2) is 7.15. The average molecular weight is 370 g/mol. The largest absolute Gasteiger partial charge is 0.380 e. The van der Waals surface area contributed by atoms with Crippen LogP contribution in [0.25, 0.3) is 11.1 Å². The highest BCUT2D eigenvalue weighted by Crippen LogP contribution is 2.36. The molecule has 0 saturated heterocycles. The van der Waals surface area contributed by atoms with Crippen LogP contribution in [0.1, 0.15) is 12.5 Å². The fraction of sp³-hybridized carbons (Fsp3) is 0.222. The maximum Gasteiger partial charge on any atom is 0.266 e. The quantitative estimate of drug-likeness (QED) is 0.860. The first-order valence-corrected chi connectivity index (χ1v) is 9.44. The molecule has 0 aromatic heterocycles. The Morgan fingerprint density at radius 1 is 1.19 bits per heavy atom. The van der Waals surface area contributed by atoms with Crippen molar-refractivity contribution in [2.45, 2.75) is 17.9 Å². The lowest BCUT2D eigenvalue weighted by Gasteiger charge is -2.24. The van der Waals surface area contributed by atoms with Crippen LogP contribution in [0.5, 0.6) is 0 Å². The Morgan fingerprint density at radius 2 is 1.92 bits per heavy atom. The average Bonchev–Trinajstić information content (AvgIpc) is 2.65. The van der Waals surface area contributed by atoms with Gasteiger partial charge in [-0.15, -0.1) is 0 Å². The highest BCUT2D eigenvalue weighted by atomic mass is 32.2. The summed E-state index contributed by atoms with van der Waals surface area (Å²) in [6, 6.07) is 14.1. The lowest BCUT2D eigenvalue weighted by Crippen LogP contribution is -2.41. The number of nitriles is 1. The number of anilines is 1. The number of rotatable bonds is 4. The first kappa shape index (κ1) is 17.9. The Hall–Kier alpha value is -2.89. The number of sulfonamides is 1. The van der Waals surface area contributed by atoms with Gasteiger partial charge in [-0.1, -0.05) is 30.3 Å². The minimum Gasteiger partial charge on any atom is -0.380 e. The van der Waals surface area contributed by atoms with Gasteiger partial charge in [0.2, 0.25) is 5.96 Å². The van der Waals surface area contributed by atoms with E-state index in [-0.39, 0.29) is 17.0 Å². The van der Waals surface area contributed by atoms with E-state index in [1.165, 1.54) is 6.07 Å². The summed E-state index contributed by atoms with van der Waals surface area (Å²) in [5, 5.41) is 12.4. The molecule has 3 rings (SSSR count). The molecule has 0 aliphatic carbocycles. The van der Waals surface area contributed by atoms with Crippen LogP contribution in [0.2, 0.25) is 0 Å². The zero-order valence-corrected chi connectivity index (χ0v) is 15.2. The van der Waals surface area contributed by atoms with Crippen molar-refractivity contribution in [2.75, 3.05) is 19.0 Å². The molecule has 1 unspecified atom stereocenters. The van der Waals surface area contributed by atoms with E-state index in [1.54, 1.807) is 43.5 Å². The van der Waals surface area contributed by atoms with Gasteiger partial charge in [0.25, 0.3) is 10.0 Å². The third kappa shape index (κ3) is 3.40. The molecule has 0 amide bonds. The summed E-state index contributed by atoms with van der Waals surface area (Å²) in [5.74, 6) is 0.128. The van der Waals surface area contributed by atoms with Gasteiger partial charge < -0.3 is 10.1 Å². The Balaban J connectivity index is 2.13. The number of nitrogens with one attached hydrogen (secondary N) is 2. The van der Waals surface area contributed by atoms with Gasteiger partial charge in [0.1, 0.15) is 4.90 Å². The molecule has 1 aliphatic heterocycles. The second-order valence-electron chi connectivity index (χ2n) is 5.80. The van der Waals surface area contributed by atoms with E-state index in [1.807, 2.05) is 6.92 Å². The lowest BCUT2D eigenvalue weighted by molar-refractivity contribution is 0.125. The third-order valence-corrected chi connectivity index (χ3v) is 5.42. The van der Waals surface area contributed by atoms with Crippen molar-refractivity contribution in [3.05, 3.63) is 48.0 Å². The van der Waals surface area contributed by atoms with Crippen LogP contribution in [0.4, 0.5) is 5.69 Å². The summed E-state index contributed by atoms with van der Waals surface area (Å²) in [4.78, 5) is 4.36. The summed E-state index contributed by atoms with van der Waals surface area (Å²) in [6.45, 7) is 2.14. The van der Waals surface area contributed by atoms with Gasteiger partial charge in [-0.05, 0) is 19.1 Å². The molecule has 7 nitrogen and oxygen atoms in total. The smallest absolute Gasteiger partial charge is 0.266 e. The maximum absolute atomic E-state index is 12.6. The Kier molecular flexibility index (Phi) is 4.93. The van der Waals surface area contributed by atoms with Crippen LogP contribution in [0.3, 0.4) is 0 Å². The molecule has 0 fully saturated rings. The number of aliphatic imine (C=N–C) groups is 1. The first-order chi connectivity index (χ1) is 12.5. The molecule has 2 aromatic rings. The van der Waals surface area contributed by atoms with Gasteiger partial charge in [0, 0.05) is 18.2 Å². The van der Waals surface area contributed by atoms with Crippen molar-refractivity contribution in [1.29, 1.82) is 5.26 Å². The number of guanidine groups is 1. The van der Waals surface area contributed by atoms with E-state index in [0.29, 0.717) is 28.9 Å². The fourth-order valence-electron chi connectivity index (χ4n) is 2.62. The molecule has 0 bridgehead atoms. The fourth-order valence-corrected chi connectivity index (χ4v) is 3.78. The Morgan fingerprint density at radius 3 is 2.65 bits per heavy atom. The first-order valence-electron chi connectivity index (χ1n) is 7.96. The molecule has 1 aliphatic rings. The summed E-state index contributed by atoms with van der Waals surface area (Å²) < 4.78 is 32.8. The highest BCUT2D eigenvalue weighted by Gasteiger charge is 2.29. The van der Waals surface area contributed by atoms with Crippen molar-refractivity contribution in [2.24, 2.45) is 4.99 Å². The molecule has 8 heteroatoms. The van der Waals surface area contributed by atoms with Crippen LogP contribution >= 0.6 is 0 Å². The molecule has 134 valence electrons. The van der Waals surface area contributed by atoms with Crippen molar-refractivity contribution in [3.63, 3.8) is 0 Å². The number of hydrogen-bond acceptors (Lipinski definition) is 5. The van der Waals surface area contributed by atoms with E-state index in [4.69, 9.17) is 4.74 Å². The number of nitrogens with zero attached hydrogens (tertiary/aromatic N) is 2. The predicted molar refractivity (Wildman–Crippen MR) is 99.3 cm³/mol. The molecule has 2 aromatic carbocycles. The topological polar surface area (TPSA) is 104 Å². The van der Waals surface area contributed by atoms with Crippen molar-refractivity contribution in [3.8, 4) is 17.2 Å². The van der Waals surface area contributed by atoms with E-state index in [2.05, 4.69) is 21.1 Å². The van der Waals surface area contributed by atoms with Crippen LogP contribution in [-0.4, -0.2) is 34.1 Å².